The van der Waals surface area contributed by atoms with E-state index in [1.54, 1.807) is 13.8 Å². The van der Waals surface area contributed by atoms with Gasteiger partial charge >= 0.3 is 12.1 Å². The number of rotatable bonds is 2. The number of hydrogen-bond acceptors (Lipinski definition) is 2. The molecule has 0 fully saturated rings. The molecule has 0 aromatic heterocycles. The second-order valence-corrected chi connectivity index (χ2v) is 3.98. The van der Waals surface area contributed by atoms with Gasteiger partial charge in [-0.15, -0.1) is 0 Å². The van der Waals surface area contributed by atoms with Crippen molar-refractivity contribution in [2.75, 3.05) is 0 Å². The van der Waals surface area contributed by atoms with Crippen LogP contribution in [-0.4, -0.2) is 12.1 Å². The Morgan fingerprint density at radius 3 is 2.29 bits per heavy atom. The van der Waals surface area contributed by atoms with Gasteiger partial charge in [-0.3, -0.25) is 0 Å². The van der Waals surface area contributed by atoms with Crippen molar-refractivity contribution in [2.45, 2.75) is 33.1 Å². The van der Waals surface area contributed by atoms with Crippen LogP contribution in [-0.2, 0) is 10.9 Å². The van der Waals surface area contributed by atoms with E-state index >= 15 is 0 Å². The highest BCUT2D eigenvalue weighted by Gasteiger charge is 2.31. The second kappa shape index (κ2) is 4.77. The Bertz CT molecular complexity index is 422. The molecule has 0 atom stereocenters. The lowest BCUT2D eigenvalue weighted by Crippen LogP contribution is -2.14. The lowest BCUT2D eigenvalue weighted by atomic mass is 10.0. The van der Waals surface area contributed by atoms with Gasteiger partial charge in [-0.2, -0.15) is 13.2 Å². The Labute approximate surface area is 97.4 Å². The lowest BCUT2D eigenvalue weighted by molar-refractivity contribution is -0.137. The van der Waals surface area contributed by atoms with Gasteiger partial charge in [0.15, 0.2) is 0 Å². The number of aryl methyl sites for hydroxylation is 1. The Morgan fingerprint density at radius 1 is 1.29 bits per heavy atom. The first kappa shape index (κ1) is 13.5. The maximum absolute atomic E-state index is 12.4. The van der Waals surface area contributed by atoms with E-state index in [9.17, 15) is 18.0 Å². The molecule has 0 saturated carbocycles. The summed E-state index contributed by atoms with van der Waals surface area (Å²) in [6.07, 6.45) is -4.70. The predicted molar refractivity (Wildman–Crippen MR) is 56.7 cm³/mol. The number of hydrogen-bond donors (Lipinski definition) is 0. The molecule has 94 valence electrons. The summed E-state index contributed by atoms with van der Waals surface area (Å²) in [4.78, 5) is 11.5. The Kier molecular flexibility index (Phi) is 3.80. The van der Waals surface area contributed by atoms with E-state index < -0.39 is 17.7 Å². The molecule has 0 radical (unpaired) electrons. The summed E-state index contributed by atoms with van der Waals surface area (Å²) in [7, 11) is 0. The van der Waals surface area contributed by atoms with Crippen LogP contribution in [0.3, 0.4) is 0 Å². The van der Waals surface area contributed by atoms with Gasteiger partial charge in [0.1, 0.15) is 0 Å². The van der Waals surface area contributed by atoms with Gasteiger partial charge in [0.05, 0.1) is 17.2 Å². The van der Waals surface area contributed by atoms with E-state index in [0.29, 0.717) is 0 Å². The molecular weight excluding hydrogens is 233 g/mol. The number of carbonyl (C=O) groups is 1. The minimum atomic E-state index is -4.40. The summed E-state index contributed by atoms with van der Waals surface area (Å²) < 4.78 is 42.1. The van der Waals surface area contributed by atoms with Crippen molar-refractivity contribution >= 4 is 5.97 Å². The van der Waals surface area contributed by atoms with Crippen molar-refractivity contribution in [3.63, 3.8) is 0 Å². The van der Waals surface area contributed by atoms with E-state index in [-0.39, 0.29) is 17.2 Å². The molecular formula is C12H13F3O2. The maximum Gasteiger partial charge on any atom is 0.416 e. The molecule has 0 aliphatic rings. The molecule has 0 bridgehead atoms. The fourth-order valence-corrected chi connectivity index (χ4v) is 1.35. The van der Waals surface area contributed by atoms with Crippen molar-refractivity contribution in [3.8, 4) is 0 Å². The van der Waals surface area contributed by atoms with Crippen molar-refractivity contribution < 1.29 is 22.7 Å². The van der Waals surface area contributed by atoms with Crippen LogP contribution in [0.15, 0.2) is 18.2 Å². The molecule has 1 aromatic carbocycles. The highest BCUT2D eigenvalue weighted by atomic mass is 19.4. The molecule has 17 heavy (non-hydrogen) atoms. The highest BCUT2D eigenvalue weighted by molar-refractivity contribution is 5.91. The van der Waals surface area contributed by atoms with Crippen LogP contribution in [0, 0.1) is 6.92 Å². The molecule has 0 saturated heterocycles. The Morgan fingerprint density at radius 2 is 1.88 bits per heavy atom. The van der Waals surface area contributed by atoms with Gasteiger partial charge in [0.2, 0.25) is 0 Å². The van der Waals surface area contributed by atoms with Gasteiger partial charge in [0.25, 0.3) is 0 Å². The van der Waals surface area contributed by atoms with E-state index in [4.69, 9.17) is 4.74 Å². The smallest absolute Gasteiger partial charge is 0.416 e. The molecule has 2 nitrogen and oxygen atoms in total. The minimum Gasteiger partial charge on any atom is -0.459 e. The topological polar surface area (TPSA) is 26.3 Å². The largest absolute Gasteiger partial charge is 0.459 e. The first-order valence-electron chi connectivity index (χ1n) is 5.10. The van der Waals surface area contributed by atoms with Gasteiger partial charge < -0.3 is 4.74 Å². The van der Waals surface area contributed by atoms with Crippen LogP contribution in [0.1, 0.15) is 35.3 Å². The van der Waals surface area contributed by atoms with E-state index in [2.05, 4.69) is 0 Å². The summed E-state index contributed by atoms with van der Waals surface area (Å²) in [5, 5.41) is 0. The molecule has 0 N–H and O–H groups in total. The number of benzene rings is 1. The molecule has 0 aliphatic carbocycles. The fourth-order valence-electron chi connectivity index (χ4n) is 1.35. The Hall–Kier alpha value is -1.52. The third kappa shape index (κ3) is 3.47. The van der Waals surface area contributed by atoms with Crippen LogP contribution in [0.4, 0.5) is 13.2 Å². The van der Waals surface area contributed by atoms with Crippen LogP contribution in [0.5, 0.6) is 0 Å². The number of alkyl halides is 3. The minimum absolute atomic E-state index is 0.159. The molecule has 1 aromatic rings. The zero-order valence-corrected chi connectivity index (χ0v) is 9.76. The monoisotopic (exact) mass is 246 g/mol. The third-order valence-electron chi connectivity index (χ3n) is 2.12. The third-order valence-corrected chi connectivity index (χ3v) is 2.12. The molecule has 0 spiro atoms. The lowest BCUT2D eigenvalue weighted by Gasteiger charge is -2.12. The molecule has 0 heterocycles. The summed E-state index contributed by atoms with van der Waals surface area (Å²) in [6, 6.07) is 2.96. The van der Waals surface area contributed by atoms with Crippen molar-refractivity contribution in [1.82, 2.24) is 0 Å². The van der Waals surface area contributed by atoms with Crippen LogP contribution >= 0.6 is 0 Å². The SMILES string of the molecule is Cc1cc(C(F)(F)F)ccc1C(=O)OC(C)C. The van der Waals surface area contributed by atoms with Crippen LogP contribution < -0.4 is 0 Å². The summed E-state index contributed by atoms with van der Waals surface area (Å²) in [5.74, 6) is -0.605. The van der Waals surface area contributed by atoms with E-state index in [0.717, 1.165) is 18.2 Å². The average Bonchev–Trinajstić information content (AvgIpc) is 2.14. The number of carbonyl (C=O) groups excluding carboxylic acids is 1. The quantitative estimate of drug-likeness (QED) is 0.745. The Balaban J connectivity index is 3.02. The molecule has 1 rings (SSSR count). The average molecular weight is 246 g/mol. The summed E-state index contributed by atoms with van der Waals surface area (Å²) >= 11 is 0. The maximum atomic E-state index is 12.4. The standard InChI is InChI=1S/C12H13F3O2/c1-7(2)17-11(16)10-5-4-9(6-8(10)3)12(13,14)15/h4-7H,1-3H3. The molecule has 5 heteroatoms. The molecule has 0 unspecified atom stereocenters. The number of esters is 1. The van der Waals surface area contributed by atoms with Gasteiger partial charge in [-0.1, -0.05) is 0 Å². The second-order valence-electron chi connectivity index (χ2n) is 3.98. The predicted octanol–water partition coefficient (Wildman–Crippen LogP) is 3.58. The first-order chi connectivity index (χ1) is 7.71. The van der Waals surface area contributed by atoms with E-state index in [1.165, 1.54) is 6.92 Å². The highest BCUT2D eigenvalue weighted by Crippen LogP contribution is 2.30. The van der Waals surface area contributed by atoms with E-state index in [1.807, 2.05) is 0 Å². The van der Waals surface area contributed by atoms with Crippen molar-refractivity contribution in [1.29, 1.82) is 0 Å². The van der Waals surface area contributed by atoms with Gasteiger partial charge in [-0.05, 0) is 44.5 Å². The summed E-state index contributed by atoms with van der Waals surface area (Å²) in [5.41, 5.74) is -0.353. The summed E-state index contributed by atoms with van der Waals surface area (Å²) in [6.45, 7) is 4.81. The van der Waals surface area contributed by atoms with Crippen molar-refractivity contribution in [3.05, 3.63) is 34.9 Å². The van der Waals surface area contributed by atoms with Gasteiger partial charge in [0, 0.05) is 0 Å². The van der Waals surface area contributed by atoms with Gasteiger partial charge in [-0.25, -0.2) is 4.79 Å². The molecule has 0 amide bonds. The van der Waals surface area contributed by atoms with Crippen LogP contribution in [0.2, 0.25) is 0 Å². The molecule has 0 aliphatic heterocycles. The normalized spacial score (nSPS) is 11.7. The number of halogens is 3. The number of ether oxygens (including phenoxy) is 1. The van der Waals surface area contributed by atoms with Crippen LogP contribution in [0.25, 0.3) is 0 Å². The zero-order chi connectivity index (χ0) is 13.2. The van der Waals surface area contributed by atoms with Crippen molar-refractivity contribution in [2.24, 2.45) is 0 Å². The zero-order valence-electron chi connectivity index (χ0n) is 9.76. The first-order valence-corrected chi connectivity index (χ1v) is 5.10. The fraction of sp³-hybridized carbons (Fsp3) is 0.417.